The Morgan fingerprint density at radius 2 is 1.83 bits per heavy atom. The first kappa shape index (κ1) is 20.0. The number of carbonyl (C=O) groups is 2. The third kappa shape index (κ3) is 7.38. The summed E-state index contributed by atoms with van der Waals surface area (Å²) in [5.74, 6) is -4.72. The second-order valence-electron chi connectivity index (χ2n) is 7.12. The quantitative estimate of drug-likeness (QED) is 0.682. The number of amides is 1. The highest BCUT2D eigenvalue weighted by Gasteiger charge is 2.42. The Kier molecular flexibility index (Phi) is 8.09. The maximum atomic E-state index is 13.9. The van der Waals surface area contributed by atoms with E-state index in [-0.39, 0.29) is 12.3 Å². The standard InChI is InChI=1S/C17H30F2N2O2/c1-12(2)8-9-15(22)21-11-17(18,19)16(23)14(20)10-13-6-4-3-5-7-13/h12-14H,3-11,20H2,1-2H3,(H,21,22)/t14-/m0/s1. The van der Waals surface area contributed by atoms with Gasteiger partial charge in [-0.1, -0.05) is 46.0 Å². The molecular formula is C17H30F2N2O2. The Bertz CT molecular complexity index is 394. The number of Topliss-reactive ketones (excluding diaryl/α,β-unsaturated/α-hetero) is 1. The minimum atomic E-state index is -3.60. The molecule has 0 aromatic rings. The van der Waals surface area contributed by atoms with E-state index < -0.39 is 30.2 Å². The fourth-order valence-electron chi connectivity index (χ4n) is 2.97. The molecule has 6 heteroatoms. The first-order valence-electron chi connectivity index (χ1n) is 8.66. The van der Waals surface area contributed by atoms with Crippen molar-refractivity contribution in [2.24, 2.45) is 17.6 Å². The molecule has 0 aromatic heterocycles. The number of nitrogens with two attached hydrogens (primary N) is 1. The van der Waals surface area contributed by atoms with E-state index in [1.807, 2.05) is 13.8 Å². The molecule has 1 atom stereocenters. The van der Waals surface area contributed by atoms with Gasteiger partial charge in [0.05, 0.1) is 12.6 Å². The number of hydrogen-bond donors (Lipinski definition) is 2. The lowest BCUT2D eigenvalue weighted by Crippen LogP contribution is -2.50. The van der Waals surface area contributed by atoms with Gasteiger partial charge in [0.1, 0.15) is 0 Å². The van der Waals surface area contributed by atoms with Gasteiger partial charge in [-0.2, -0.15) is 8.78 Å². The Balaban J connectivity index is 2.40. The van der Waals surface area contributed by atoms with Gasteiger partial charge in [0.15, 0.2) is 0 Å². The number of rotatable bonds is 9. The van der Waals surface area contributed by atoms with E-state index in [1.165, 1.54) is 0 Å². The zero-order valence-corrected chi connectivity index (χ0v) is 14.2. The number of alkyl halides is 2. The second kappa shape index (κ2) is 9.30. The van der Waals surface area contributed by atoms with Crippen LogP contribution in [0.4, 0.5) is 8.78 Å². The van der Waals surface area contributed by atoms with Crippen LogP contribution in [0.1, 0.15) is 65.2 Å². The molecule has 3 N–H and O–H groups in total. The zero-order chi connectivity index (χ0) is 17.5. The van der Waals surface area contributed by atoms with Crippen molar-refractivity contribution in [3.8, 4) is 0 Å². The number of ketones is 1. The largest absolute Gasteiger partial charge is 0.350 e. The summed E-state index contributed by atoms with van der Waals surface area (Å²) in [7, 11) is 0. The zero-order valence-electron chi connectivity index (χ0n) is 14.2. The van der Waals surface area contributed by atoms with E-state index in [1.54, 1.807) is 0 Å². The number of nitrogens with one attached hydrogen (secondary N) is 1. The molecule has 0 spiro atoms. The van der Waals surface area contributed by atoms with Gasteiger partial charge in [0.25, 0.3) is 0 Å². The minimum absolute atomic E-state index is 0.191. The summed E-state index contributed by atoms with van der Waals surface area (Å²) < 4.78 is 27.9. The van der Waals surface area contributed by atoms with Crippen molar-refractivity contribution in [1.82, 2.24) is 5.32 Å². The van der Waals surface area contributed by atoms with Gasteiger partial charge in [-0.05, 0) is 24.7 Å². The molecule has 134 valence electrons. The van der Waals surface area contributed by atoms with Gasteiger partial charge in [-0.25, -0.2) is 0 Å². The molecule has 1 saturated carbocycles. The molecule has 0 unspecified atom stereocenters. The Morgan fingerprint density at radius 3 is 2.39 bits per heavy atom. The molecular weight excluding hydrogens is 302 g/mol. The van der Waals surface area contributed by atoms with Crippen molar-refractivity contribution in [2.45, 2.75) is 77.2 Å². The van der Waals surface area contributed by atoms with Gasteiger partial charge in [-0.3, -0.25) is 9.59 Å². The van der Waals surface area contributed by atoms with Crippen molar-refractivity contribution in [1.29, 1.82) is 0 Å². The van der Waals surface area contributed by atoms with Crippen molar-refractivity contribution in [3.05, 3.63) is 0 Å². The predicted octanol–water partition coefficient (Wildman–Crippen LogP) is 3.04. The summed E-state index contributed by atoms with van der Waals surface area (Å²) in [5.41, 5.74) is 5.70. The highest BCUT2D eigenvalue weighted by atomic mass is 19.3. The Morgan fingerprint density at radius 1 is 1.22 bits per heavy atom. The summed E-state index contributed by atoms with van der Waals surface area (Å²) in [6.07, 6.45) is 6.37. The third-order valence-corrected chi connectivity index (χ3v) is 4.47. The predicted molar refractivity (Wildman–Crippen MR) is 86.2 cm³/mol. The normalized spacial score (nSPS) is 18.0. The highest BCUT2D eigenvalue weighted by Crippen LogP contribution is 2.28. The van der Waals surface area contributed by atoms with Crippen LogP contribution in [0.3, 0.4) is 0 Å². The lowest BCUT2D eigenvalue weighted by Gasteiger charge is -2.26. The van der Waals surface area contributed by atoms with Crippen LogP contribution in [0.25, 0.3) is 0 Å². The van der Waals surface area contributed by atoms with E-state index in [0.29, 0.717) is 18.8 Å². The summed E-state index contributed by atoms with van der Waals surface area (Å²) >= 11 is 0. The van der Waals surface area contributed by atoms with Crippen molar-refractivity contribution < 1.29 is 18.4 Å². The first-order valence-corrected chi connectivity index (χ1v) is 8.66. The van der Waals surface area contributed by atoms with Gasteiger partial charge in [0, 0.05) is 6.42 Å². The summed E-state index contributed by atoms with van der Waals surface area (Å²) in [6.45, 7) is 2.95. The molecule has 1 rings (SSSR count). The molecule has 0 aliphatic heterocycles. The van der Waals surface area contributed by atoms with Crippen LogP contribution in [0.15, 0.2) is 0 Å². The molecule has 1 amide bonds. The second-order valence-corrected chi connectivity index (χ2v) is 7.12. The maximum Gasteiger partial charge on any atom is 0.323 e. The first-order chi connectivity index (χ1) is 10.7. The molecule has 1 fully saturated rings. The highest BCUT2D eigenvalue weighted by molar-refractivity contribution is 5.91. The molecule has 23 heavy (non-hydrogen) atoms. The SMILES string of the molecule is CC(C)CCC(=O)NCC(F)(F)C(=O)[C@@H](N)CC1CCCCC1. The van der Waals surface area contributed by atoms with Crippen LogP contribution in [0.2, 0.25) is 0 Å². The average Bonchev–Trinajstić information content (AvgIpc) is 2.51. The topological polar surface area (TPSA) is 72.2 Å². The summed E-state index contributed by atoms with van der Waals surface area (Å²) in [5, 5.41) is 2.15. The minimum Gasteiger partial charge on any atom is -0.350 e. The van der Waals surface area contributed by atoms with Crippen LogP contribution < -0.4 is 11.1 Å². The number of hydrogen-bond acceptors (Lipinski definition) is 3. The van der Waals surface area contributed by atoms with Crippen molar-refractivity contribution in [2.75, 3.05) is 6.54 Å². The Labute approximate surface area is 137 Å². The molecule has 0 aromatic carbocycles. The maximum absolute atomic E-state index is 13.9. The van der Waals surface area contributed by atoms with E-state index in [0.717, 1.165) is 32.1 Å². The lowest BCUT2D eigenvalue weighted by molar-refractivity contribution is -0.145. The number of halogens is 2. The van der Waals surface area contributed by atoms with Gasteiger partial charge < -0.3 is 11.1 Å². The molecule has 1 aliphatic carbocycles. The van der Waals surface area contributed by atoms with E-state index in [4.69, 9.17) is 5.73 Å². The van der Waals surface area contributed by atoms with Gasteiger partial charge in [-0.15, -0.1) is 0 Å². The monoisotopic (exact) mass is 332 g/mol. The lowest BCUT2D eigenvalue weighted by atomic mass is 9.83. The number of carbonyl (C=O) groups excluding carboxylic acids is 2. The van der Waals surface area contributed by atoms with Crippen molar-refractivity contribution >= 4 is 11.7 Å². The fourth-order valence-corrected chi connectivity index (χ4v) is 2.97. The summed E-state index contributed by atoms with van der Waals surface area (Å²) in [4.78, 5) is 23.4. The van der Waals surface area contributed by atoms with Gasteiger partial charge >= 0.3 is 5.92 Å². The average molecular weight is 332 g/mol. The molecule has 1 aliphatic rings. The molecule has 0 saturated heterocycles. The van der Waals surface area contributed by atoms with Crippen molar-refractivity contribution in [3.63, 3.8) is 0 Å². The molecule has 0 radical (unpaired) electrons. The van der Waals surface area contributed by atoms with Crippen LogP contribution >= 0.6 is 0 Å². The van der Waals surface area contributed by atoms with E-state index in [9.17, 15) is 18.4 Å². The molecule has 4 nitrogen and oxygen atoms in total. The van der Waals surface area contributed by atoms with Crippen LogP contribution in [-0.2, 0) is 9.59 Å². The molecule has 0 bridgehead atoms. The Hall–Kier alpha value is -1.04. The van der Waals surface area contributed by atoms with E-state index >= 15 is 0 Å². The summed E-state index contributed by atoms with van der Waals surface area (Å²) in [6, 6.07) is -1.15. The van der Waals surface area contributed by atoms with Crippen LogP contribution in [0, 0.1) is 11.8 Å². The fraction of sp³-hybridized carbons (Fsp3) is 0.882. The van der Waals surface area contributed by atoms with E-state index in [2.05, 4.69) is 5.32 Å². The molecule has 0 heterocycles. The van der Waals surface area contributed by atoms with Crippen LogP contribution in [0.5, 0.6) is 0 Å². The van der Waals surface area contributed by atoms with Crippen LogP contribution in [-0.4, -0.2) is 30.2 Å². The smallest absolute Gasteiger partial charge is 0.323 e. The van der Waals surface area contributed by atoms with Gasteiger partial charge in [0.2, 0.25) is 11.7 Å². The third-order valence-electron chi connectivity index (χ3n) is 4.47.